The molecule has 3 aromatic rings. The summed E-state index contributed by atoms with van der Waals surface area (Å²) in [4.78, 5) is 20.9. The van der Waals surface area contributed by atoms with Crippen LogP contribution in [0.2, 0.25) is 0 Å². The second kappa shape index (κ2) is 6.55. The van der Waals surface area contributed by atoms with Gasteiger partial charge in [-0.25, -0.2) is 14.6 Å². The van der Waals surface area contributed by atoms with Gasteiger partial charge in [-0.05, 0) is 26.3 Å². The number of benzene rings is 1. The van der Waals surface area contributed by atoms with Crippen molar-refractivity contribution in [2.24, 2.45) is 0 Å². The molecule has 6 heteroatoms. The Morgan fingerprint density at radius 1 is 1.24 bits per heavy atom. The molecule has 0 saturated heterocycles. The molecule has 0 fully saturated rings. The number of aryl methyl sites for hydroxylation is 1. The Balaban J connectivity index is 2.18. The quantitative estimate of drug-likeness (QED) is 0.716. The monoisotopic (exact) mass is 337 g/mol. The van der Waals surface area contributed by atoms with E-state index in [4.69, 9.17) is 15.8 Å². The fourth-order valence-electron chi connectivity index (χ4n) is 3.12. The van der Waals surface area contributed by atoms with Crippen molar-refractivity contribution in [1.29, 1.82) is 0 Å². The van der Waals surface area contributed by atoms with Crippen molar-refractivity contribution in [3.63, 3.8) is 0 Å². The van der Waals surface area contributed by atoms with E-state index in [1.165, 1.54) is 6.92 Å². The molecule has 0 spiro atoms. The van der Waals surface area contributed by atoms with Gasteiger partial charge in [0.1, 0.15) is 0 Å². The lowest BCUT2D eigenvalue weighted by Gasteiger charge is -2.14. The first-order valence-electron chi connectivity index (χ1n) is 8.34. The molecule has 0 aliphatic carbocycles. The van der Waals surface area contributed by atoms with Gasteiger partial charge in [0.25, 0.3) is 0 Å². The number of hydrogen-bond donors (Lipinski definition) is 2. The van der Waals surface area contributed by atoms with Crippen molar-refractivity contribution in [2.45, 2.75) is 40.2 Å². The van der Waals surface area contributed by atoms with Crippen LogP contribution in [0.5, 0.6) is 0 Å². The largest absolute Gasteiger partial charge is 0.354 e. The Morgan fingerprint density at radius 3 is 2.56 bits per heavy atom. The Morgan fingerprint density at radius 2 is 1.92 bits per heavy atom. The number of nitrogens with one attached hydrogen (secondary N) is 1. The molecule has 130 valence electrons. The van der Waals surface area contributed by atoms with Crippen molar-refractivity contribution in [2.75, 3.05) is 5.84 Å². The van der Waals surface area contributed by atoms with Crippen LogP contribution in [0.25, 0.3) is 22.4 Å². The summed E-state index contributed by atoms with van der Waals surface area (Å²) in [6.07, 6.45) is 0.614. The summed E-state index contributed by atoms with van der Waals surface area (Å²) in [7, 11) is 0. The first kappa shape index (κ1) is 17.0. The number of carbonyl (C=O) groups excluding carboxylic acids is 1. The van der Waals surface area contributed by atoms with E-state index in [0.29, 0.717) is 17.9 Å². The van der Waals surface area contributed by atoms with Gasteiger partial charge in [0.15, 0.2) is 11.5 Å². The molecule has 1 amide bonds. The third kappa shape index (κ3) is 3.20. The maximum atomic E-state index is 11.4. The predicted octanol–water partition coefficient (Wildman–Crippen LogP) is 2.50. The van der Waals surface area contributed by atoms with E-state index in [9.17, 15) is 4.79 Å². The highest BCUT2D eigenvalue weighted by molar-refractivity contribution is 5.86. The fraction of sp³-hybridized carbons (Fsp3) is 0.316. The summed E-state index contributed by atoms with van der Waals surface area (Å²) >= 11 is 0. The Bertz CT molecular complexity index is 930. The van der Waals surface area contributed by atoms with Crippen LogP contribution >= 0.6 is 0 Å². The normalized spacial score (nSPS) is 12.3. The number of nitrogens with zero attached hydrogens (tertiary/aromatic N) is 3. The van der Waals surface area contributed by atoms with Gasteiger partial charge >= 0.3 is 0 Å². The Kier molecular flexibility index (Phi) is 4.44. The molecular weight excluding hydrogens is 314 g/mol. The third-order valence-corrected chi connectivity index (χ3v) is 4.45. The molecule has 0 aliphatic rings. The minimum absolute atomic E-state index is 0.0277. The molecule has 2 heterocycles. The van der Waals surface area contributed by atoms with E-state index in [1.54, 1.807) is 4.68 Å². The van der Waals surface area contributed by atoms with Crippen LogP contribution in [-0.2, 0) is 11.2 Å². The lowest BCUT2D eigenvalue weighted by atomic mass is 10.1. The maximum Gasteiger partial charge on any atom is 0.217 e. The molecule has 25 heavy (non-hydrogen) atoms. The van der Waals surface area contributed by atoms with Crippen molar-refractivity contribution >= 4 is 16.9 Å². The van der Waals surface area contributed by atoms with Crippen molar-refractivity contribution < 1.29 is 4.79 Å². The number of fused-ring (bicyclic) bond motifs is 1. The minimum atomic E-state index is -0.0506. The first-order chi connectivity index (χ1) is 11.9. The van der Waals surface area contributed by atoms with Crippen LogP contribution in [0.15, 0.2) is 30.3 Å². The van der Waals surface area contributed by atoms with Gasteiger partial charge in [-0.3, -0.25) is 4.79 Å². The molecule has 3 rings (SSSR count). The summed E-state index contributed by atoms with van der Waals surface area (Å²) in [5.74, 6) is 6.81. The number of amides is 1. The average Bonchev–Trinajstić information content (AvgIpc) is 2.79. The second-order valence-electron chi connectivity index (χ2n) is 6.44. The van der Waals surface area contributed by atoms with Gasteiger partial charge in [0.2, 0.25) is 5.91 Å². The molecule has 0 aliphatic heterocycles. The lowest BCUT2D eigenvalue weighted by Crippen LogP contribution is -2.32. The van der Waals surface area contributed by atoms with Gasteiger partial charge in [-0.2, -0.15) is 0 Å². The van der Waals surface area contributed by atoms with E-state index >= 15 is 0 Å². The molecular formula is C19H23N5O. The van der Waals surface area contributed by atoms with Crippen molar-refractivity contribution in [3.8, 4) is 11.4 Å². The van der Waals surface area contributed by atoms with E-state index in [-0.39, 0.29) is 11.9 Å². The predicted molar refractivity (Wildman–Crippen MR) is 99.6 cm³/mol. The summed E-state index contributed by atoms with van der Waals surface area (Å²) in [6.45, 7) is 7.49. The van der Waals surface area contributed by atoms with Gasteiger partial charge in [-0.1, -0.05) is 30.3 Å². The number of carbonyl (C=O) groups is 1. The molecule has 2 aromatic heterocycles. The van der Waals surface area contributed by atoms with E-state index in [2.05, 4.69) is 5.32 Å². The van der Waals surface area contributed by atoms with Crippen LogP contribution in [0, 0.1) is 13.8 Å². The van der Waals surface area contributed by atoms with Crippen LogP contribution in [0.4, 0.5) is 0 Å². The van der Waals surface area contributed by atoms with Crippen molar-refractivity contribution in [3.05, 3.63) is 47.3 Å². The average molecular weight is 337 g/mol. The molecule has 1 atom stereocenters. The summed E-state index contributed by atoms with van der Waals surface area (Å²) < 4.78 is 1.62. The van der Waals surface area contributed by atoms with E-state index < -0.39 is 0 Å². The van der Waals surface area contributed by atoms with Crippen molar-refractivity contribution in [1.82, 2.24) is 20.0 Å². The zero-order chi connectivity index (χ0) is 18.1. The highest BCUT2D eigenvalue weighted by atomic mass is 16.1. The molecule has 3 N–H and O–H groups in total. The zero-order valence-corrected chi connectivity index (χ0v) is 15.0. The SMILES string of the molecule is CC(=O)N[C@H](C)Cc1nc(-c2ccccc2)nc2c1c(C)c(C)n2N. The topological polar surface area (TPSA) is 85.8 Å². The molecule has 0 unspecified atom stereocenters. The Hall–Kier alpha value is -2.89. The number of aromatic nitrogens is 3. The lowest BCUT2D eigenvalue weighted by molar-refractivity contribution is -0.119. The van der Waals surface area contributed by atoms with Gasteiger partial charge < -0.3 is 11.2 Å². The van der Waals surface area contributed by atoms with Gasteiger partial charge in [0, 0.05) is 36.0 Å². The number of nitrogens with two attached hydrogens (primary N) is 1. The smallest absolute Gasteiger partial charge is 0.217 e. The number of hydrogen-bond acceptors (Lipinski definition) is 4. The molecule has 1 aromatic carbocycles. The summed E-state index contributed by atoms with van der Waals surface area (Å²) in [6, 6.07) is 9.81. The fourth-order valence-corrected chi connectivity index (χ4v) is 3.12. The van der Waals surface area contributed by atoms with E-state index in [1.807, 2.05) is 51.1 Å². The highest BCUT2D eigenvalue weighted by Gasteiger charge is 2.19. The number of nitrogen functional groups attached to an aromatic ring is 1. The first-order valence-corrected chi connectivity index (χ1v) is 8.34. The Labute approximate surface area is 147 Å². The molecule has 0 bridgehead atoms. The van der Waals surface area contributed by atoms with Crippen LogP contribution in [0.3, 0.4) is 0 Å². The summed E-state index contributed by atoms with van der Waals surface area (Å²) in [5, 5.41) is 3.89. The molecule has 0 saturated carbocycles. The zero-order valence-electron chi connectivity index (χ0n) is 15.0. The third-order valence-electron chi connectivity index (χ3n) is 4.45. The van der Waals surface area contributed by atoms with Crippen LogP contribution in [-0.4, -0.2) is 26.6 Å². The van der Waals surface area contributed by atoms with Crippen LogP contribution in [0.1, 0.15) is 30.8 Å². The standard InChI is InChI=1S/C19H23N5O/c1-11(21-14(4)25)10-16-17-12(2)13(3)24(20)19(17)23-18(22-16)15-8-6-5-7-9-15/h5-9,11H,10,20H2,1-4H3,(H,21,25)/t11-/m1/s1. The van der Waals surface area contributed by atoms with Gasteiger partial charge in [-0.15, -0.1) is 0 Å². The maximum absolute atomic E-state index is 11.4. The van der Waals surface area contributed by atoms with Crippen LogP contribution < -0.4 is 11.2 Å². The number of rotatable bonds is 4. The molecule has 0 radical (unpaired) electrons. The highest BCUT2D eigenvalue weighted by Crippen LogP contribution is 2.28. The van der Waals surface area contributed by atoms with E-state index in [0.717, 1.165) is 27.9 Å². The summed E-state index contributed by atoms with van der Waals surface area (Å²) in [5.41, 5.74) is 4.59. The minimum Gasteiger partial charge on any atom is -0.354 e. The van der Waals surface area contributed by atoms with Gasteiger partial charge in [0.05, 0.1) is 5.69 Å². The second-order valence-corrected chi connectivity index (χ2v) is 6.44. The molecule has 6 nitrogen and oxygen atoms in total.